The third kappa shape index (κ3) is 3.68. The molecule has 2 fully saturated rings. The van der Waals surface area contributed by atoms with Gasteiger partial charge in [-0.25, -0.2) is 0 Å². The molecule has 29 heavy (non-hydrogen) atoms. The number of para-hydroxylation sites is 1. The quantitative estimate of drug-likeness (QED) is 0.856. The highest BCUT2D eigenvalue weighted by atomic mass is 16.5. The van der Waals surface area contributed by atoms with Crippen molar-refractivity contribution < 1.29 is 23.8 Å². The number of ether oxygens (including phenoxy) is 1. The Labute approximate surface area is 169 Å². The minimum absolute atomic E-state index is 0.0897. The fraction of sp³-hybridized carbons (Fsp3) is 0.455. The standard InChI is InChI=1S/C22H26N2O5/c1-23(18-8-5-12-24(21(18)26)16-6-3-2-4-7-16)20(25)17-9-13-29-19(17)22(27)10-14-28-15-11-22/h2-4,6-7,9,13,18,27H,5,8,10-12,14-15H2,1H3. The van der Waals surface area contributed by atoms with Crippen molar-refractivity contribution in [3.8, 4) is 0 Å². The molecule has 0 aliphatic carbocycles. The Balaban J connectivity index is 1.56. The summed E-state index contributed by atoms with van der Waals surface area (Å²) >= 11 is 0. The number of anilines is 1. The van der Waals surface area contributed by atoms with Crippen LogP contribution in [0.4, 0.5) is 5.69 Å². The van der Waals surface area contributed by atoms with Crippen LogP contribution in [0.1, 0.15) is 41.8 Å². The largest absolute Gasteiger partial charge is 0.465 e. The number of likely N-dealkylation sites (N-methyl/N-ethyl adjacent to an activating group) is 1. The average molecular weight is 398 g/mol. The number of hydrogen-bond acceptors (Lipinski definition) is 5. The number of nitrogens with zero attached hydrogens (tertiary/aromatic N) is 2. The van der Waals surface area contributed by atoms with E-state index in [0.29, 0.717) is 44.6 Å². The number of rotatable bonds is 4. The molecule has 2 aliphatic rings. The molecular formula is C22H26N2O5. The van der Waals surface area contributed by atoms with E-state index in [2.05, 4.69) is 0 Å². The molecule has 1 atom stereocenters. The maximum atomic E-state index is 13.3. The van der Waals surface area contributed by atoms with E-state index in [1.807, 2.05) is 30.3 Å². The molecule has 1 aromatic heterocycles. The lowest BCUT2D eigenvalue weighted by atomic mass is 9.89. The van der Waals surface area contributed by atoms with Crippen LogP contribution in [0.25, 0.3) is 0 Å². The number of amides is 2. The fourth-order valence-corrected chi connectivity index (χ4v) is 4.19. The molecule has 154 valence electrons. The minimum atomic E-state index is -1.22. The molecule has 2 aromatic rings. The molecule has 0 spiro atoms. The van der Waals surface area contributed by atoms with Gasteiger partial charge in [-0.2, -0.15) is 0 Å². The summed E-state index contributed by atoms with van der Waals surface area (Å²) in [6.45, 7) is 1.46. The summed E-state index contributed by atoms with van der Waals surface area (Å²) in [5, 5.41) is 11.0. The first kappa shape index (κ1) is 19.7. The molecule has 0 bridgehead atoms. The topological polar surface area (TPSA) is 83.2 Å². The zero-order valence-electron chi connectivity index (χ0n) is 16.5. The predicted octanol–water partition coefficient (Wildman–Crippen LogP) is 2.55. The molecule has 1 aromatic carbocycles. The summed E-state index contributed by atoms with van der Waals surface area (Å²) in [6, 6.07) is 10.5. The first-order valence-corrected chi connectivity index (χ1v) is 10.0. The van der Waals surface area contributed by atoms with Crippen LogP contribution in [0.2, 0.25) is 0 Å². The SMILES string of the molecule is CN(C(=O)c1ccoc1C1(O)CCOCC1)C1CCCN(c2ccccc2)C1=O. The van der Waals surface area contributed by atoms with Gasteiger partial charge in [0.25, 0.3) is 5.91 Å². The lowest BCUT2D eigenvalue weighted by molar-refractivity contribution is -0.124. The van der Waals surface area contributed by atoms with Gasteiger partial charge in [-0.05, 0) is 31.0 Å². The lowest BCUT2D eigenvalue weighted by Crippen LogP contribution is -2.53. The monoisotopic (exact) mass is 398 g/mol. The van der Waals surface area contributed by atoms with Gasteiger partial charge in [-0.1, -0.05) is 18.2 Å². The van der Waals surface area contributed by atoms with E-state index in [0.717, 1.165) is 12.1 Å². The maximum absolute atomic E-state index is 13.3. The second kappa shape index (κ2) is 8.00. The highest BCUT2D eigenvalue weighted by Gasteiger charge is 2.41. The van der Waals surface area contributed by atoms with Crippen molar-refractivity contribution in [3.05, 3.63) is 54.0 Å². The van der Waals surface area contributed by atoms with Crippen molar-refractivity contribution in [1.29, 1.82) is 0 Å². The third-order valence-electron chi connectivity index (χ3n) is 5.90. The first-order valence-electron chi connectivity index (χ1n) is 10.0. The number of furan rings is 1. The average Bonchev–Trinajstić information content (AvgIpc) is 3.25. The summed E-state index contributed by atoms with van der Waals surface area (Å²) in [4.78, 5) is 29.6. The maximum Gasteiger partial charge on any atom is 0.257 e. The van der Waals surface area contributed by atoms with Gasteiger partial charge in [0.05, 0.1) is 11.8 Å². The summed E-state index contributed by atoms with van der Waals surface area (Å²) in [5.74, 6) is -0.143. The van der Waals surface area contributed by atoms with Crippen LogP contribution in [0, 0.1) is 0 Å². The number of benzene rings is 1. The zero-order valence-corrected chi connectivity index (χ0v) is 16.5. The second-order valence-electron chi connectivity index (χ2n) is 7.71. The molecule has 7 heteroatoms. The highest BCUT2D eigenvalue weighted by Crippen LogP contribution is 2.35. The van der Waals surface area contributed by atoms with Crippen LogP contribution in [-0.2, 0) is 15.1 Å². The summed E-state index contributed by atoms with van der Waals surface area (Å²) in [7, 11) is 1.64. The summed E-state index contributed by atoms with van der Waals surface area (Å²) in [6.07, 6.45) is 3.57. The van der Waals surface area contributed by atoms with E-state index in [-0.39, 0.29) is 17.6 Å². The fourth-order valence-electron chi connectivity index (χ4n) is 4.19. The Bertz CT molecular complexity index is 872. The van der Waals surface area contributed by atoms with E-state index in [9.17, 15) is 14.7 Å². The van der Waals surface area contributed by atoms with Gasteiger partial charge in [-0.15, -0.1) is 0 Å². The smallest absolute Gasteiger partial charge is 0.257 e. The van der Waals surface area contributed by atoms with Crippen LogP contribution >= 0.6 is 0 Å². The molecule has 0 radical (unpaired) electrons. The van der Waals surface area contributed by atoms with Gasteiger partial charge in [0, 0.05) is 45.3 Å². The van der Waals surface area contributed by atoms with Gasteiger partial charge >= 0.3 is 0 Å². The van der Waals surface area contributed by atoms with Gasteiger partial charge in [0.2, 0.25) is 5.91 Å². The van der Waals surface area contributed by atoms with Gasteiger partial charge < -0.3 is 24.1 Å². The molecule has 1 unspecified atom stereocenters. The Morgan fingerprint density at radius 2 is 1.93 bits per heavy atom. The Hall–Kier alpha value is -2.64. The van der Waals surface area contributed by atoms with Gasteiger partial charge in [0.1, 0.15) is 17.4 Å². The Kier molecular flexibility index (Phi) is 5.43. The van der Waals surface area contributed by atoms with Crippen molar-refractivity contribution in [1.82, 2.24) is 4.90 Å². The molecule has 7 nitrogen and oxygen atoms in total. The van der Waals surface area contributed by atoms with Crippen LogP contribution < -0.4 is 4.90 Å². The minimum Gasteiger partial charge on any atom is -0.465 e. The van der Waals surface area contributed by atoms with Crippen molar-refractivity contribution in [2.45, 2.75) is 37.3 Å². The molecule has 3 heterocycles. The molecule has 0 saturated carbocycles. The number of piperidine rings is 1. The molecule has 2 amide bonds. The molecule has 1 N–H and O–H groups in total. The van der Waals surface area contributed by atoms with Crippen LogP contribution in [0.3, 0.4) is 0 Å². The van der Waals surface area contributed by atoms with Crippen LogP contribution in [0.15, 0.2) is 47.1 Å². The van der Waals surface area contributed by atoms with E-state index >= 15 is 0 Å². The van der Waals surface area contributed by atoms with Crippen molar-refractivity contribution in [2.75, 3.05) is 31.7 Å². The number of hydrogen-bond donors (Lipinski definition) is 1. The van der Waals surface area contributed by atoms with Gasteiger partial charge in [-0.3, -0.25) is 9.59 Å². The van der Waals surface area contributed by atoms with Crippen molar-refractivity contribution in [2.24, 2.45) is 0 Å². The van der Waals surface area contributed by atoms with E-state index in [4.69, 9.17) is 9.15 Å². The van der Waals surface area contributed by atoms with E-state index < -0.39 is 11.6 Å². The predicted molar refractivity (Wildman–Crippen MR) is 107 cm³/mol. The number of aliphatic hydroxyl groups is 1. The van der Waals surface area contributed by atoms with Crippen molar-refractivity contribution in [3.63, 3.8) is 0 Å². The summed E-state index contributed by atoms with van der Waals surface area (Å²) in [5.41, 5.74) is -0.0784. The molecular weight excluding hydrogens is 372 g/mol. The Morgan fingerprint density at radius 1 is 1.21 bits per heavy atom. The van der Waals surface area contributed by atoms with E-state index in [1.165, 1.54) is 11.2 Å². The number of carbonyl (C=O) groups excluding carboxylic acids is 2. The number of carbonyl (C=O) groups is 2. The van der Waals surface area contributed by atoms with Gasteiger partial charge in [0.15, 0.2) is 0 Å². The summed E-state index contributed by atoms with van der Waals surface area (Å²) < 4.78 is 10.9. The molecule has 2 saturated heterocycles. The molecule has 2 aliphatic heterocycles. The zero-order chi connectivity index (χ0) is 20.4. The second-order valence-corrected chi connectivity index (χ2v) is 7.71. The lowest BCUT2D eigenvalue weighted by Gasteiger charge is -2.37. The highest BCUT2D eigenvalue weighted by molar-refractivity contribution is 6.03. The first-order chi connectivity index (χ1) is 14.0. The molecule has 4 rings (SSSR count). The Morgan fingerprint density at radius 3 is 2.66 bits per heavy atom. The normalized spacial score (nSPS) is 21.8. The third-order valence-corrected chi connectivity index (χ3v) is 5.90. The van der Waals surface area contributed by atoms with Crippen LogP contribution in [0.5, 0.6) is 0 Å². The van der Waals surface area contributed by atoms with Crippen LogP contribution in [-0.4, -0.2) is 54.7 Å². The van der Waals surface area contributed by atoms with Crippen molar-refractivity contribution >= 4 is 17.5 Å². The van der Waals surface area contributed by atoms with E-state index in [1.54, 1.807) is 18.0 Å².